The van der Waals surface area contributed by atoms with E-state index in [2.05, 4.69) is 10.3 Å². The Morgan fingerprint density at radius 2 is 2.00 bits per heavy atom. The predicted octanol–water partition coefficient (Wildman–Crippen LogP) is 1.93. The van der Waals surface area contributed by atoms with Gasteiger partial charge in [-0.25, -0.2) is 8.78 Å². The molecule has 0 aliphatic heterocycles. The monoisotopic (exact) mass is 320 g/mol. The largest absolute Gasteiger partial charge is 0.506 e. The van der Waals surface area contributed by atoms with Crippen LogP contribution in [-0.2, 0) is 4.79 Å². The van der Waals surface area contributed by atoms with Crippen LogP contribution in [0.3, 0.4) is 0 Å². The number of pyridine rings is 1. The van der Waals surface area contributed by atoms with E-state index < -0.39 is 29.2 Å². The summed E-state index contributed by atoms with van der Waals surface area (Å²) in [7, 11) is 0. The Bertz CT molecular complexity index is 715. The first-order valence-electron chi connectivity index (χ1n) is 6.69. The number of amides is 1. The van der Waals surface area contributed by atoms with Gasteiger partial charge in [-0.05, 0) is 29.8 Å². The molecule has 1 amide bonds. The normalized spacial score (nSPS) is 12.3. The minimum atomic E-state index is -1.50. The van der Waals surface area contributed by atoms with Crippen molar-refractivity contribution < 1.29 is 23.8 Å². The number of aromatic nitrogens is 1. The molecule has 1 heterocycles. The van der Waals surface area contributed by atoms with Crippen molar-refractivity contribution in [2.45, 2.75) is 6.10 Å². The maximum atomic E-state index is 13.5. The third kappa shape index (κ3) is 4.58. The van der Waals surface area contributed by atoms with Gasteiger partial charge >= 0.3 is 0 Å². The number of nitrogens with zero attached hydrogens (tertiary/aromatic N) is 1. The van der Waals surface area contributed by atoms with Crippen molar-refractivity contribution in [2.24, 2.45) is 0 Å². The standard InChI is InChI=1S/C16H14F2N2O3/c17-12-2-1-3-13(18)16(12)14(22)9-20-15(23)5-4-10-6-11(21)8-19-7-10/h1-8,14,21-22H,9H2,(H,20,23)/b5-4+. The lowest BCUT2D eigenvalue weighted by atomic mass is 10.1. The lowest BCUT2D eigenvalue weighted by Gasteiger charge is -2.13. The van der Waals surface area contributed by atoms with Gasteiger partial charge in [-0.2, -0.15) is 0 Å². The van der Waals surface area contributed by atoms with E-state index in [1.807, 2.05) is 0 Å². The van der Waals surface area contributed by atoms with Crippen molar-refractivity contribution in [3.63, 3.8) is 0 Å². The van der Waals surface area contributed by atoms with E-state index in [4.69, 9.17) is 0 Å². The highest BCUT2D eigenvalue weighted by Crippen LogP contribution is 2.19. The number of aliphatic hydroxyl groups is 1. The van der Waals surface area contributed by atoms with Crippen LogP contribution < -0.4 is 5.32 Å². The number of nitrogens with one attached hydrogen (secondary N) is 1. The Kier molecular flexibility index (Phi) is 5.37. The number of halogens is 2. The van der Waals surface area contributed by atoms with Crippen LogP contribution in [-0.4, -0.2) is 27.6 Å². The number of hydrogen-bond acceptors (Lipinski definition) is 4. The number of aromatic hydroxyl groups is 1. The maximum Gasteiger partial charge on any atom is 0.244 e. The zero-order chi connectivity index (χ0) is 16.8. The average molecular weight is 320 g/mol. The molecule has 0 aliphatic carbocycles. The molecule has 0 bridgehead atoms. The van der Waals surface area contributed by atoms with Gasteiger partial charge in [0.05, 0.1) is 11.8 Å². The molecule has 1 atom stereocenters. The molecule has 0 radical (unpaired) electrons. The Morgan fingerprint density at radius 3 is 2.65 bits per heavy atom. The minimum absolute atomic E-state index is 0.0435. The summed E-state index contributed by atoms with van der Waals surface area (Å²) in [6, 6.07) is 4.64. The zero-order valence-electron chi connectivity index (χ0n) is 11.9. The summed E-state index contributed by atoms with van der Waals surface area (Å²) in [5.74, 6) is -2.37. The molecule has 3 N–H and O–H groups in total. The van der Waals surface area contributed by atoms with E-state index in [9.17, 15) is 23.8 Å². The summed E-state index contributed by atoms with van der Waals surface area (Å²) in [6.45, 7) is -0.348. The fraction of sp³-hybridized carbons (Fsp3) is 0.125. The van der Waals surface area contributed by atoms with E-state index in [1.54, 1.807) is 0 Å². The smallest absolute Gasteiger partial charge is 0.244 e. The molecule has 120 valence electrons. The molecular weight excluding hydrogens is 306 g/mol. The molecule has 7 heteroatoms. The highest BCUT2D eigenvalue weighted by Gasteiger charge is 2.17. The fourth-order valence-corrected chi connectivity index (χ4v) is 1.90. The van der Waals surface area contributed by atoms with Gasteiger partial charge < -0.3 is 15.5 Å². The third-order valence-corrected chi connectivity index (χ3v) is 2.97. The topological polar surface area (TPSA) is 82.5 Å². The summed E-state index contributed by atoms with van der Waals surface area (Å²) < 4.78 is 27.0. The van der Waals surface area contributed by atoms with Gasteiger partial charge in [-0.1, -0.05) is 6.07 Å². The van der Waals surface area contributed by atoms with Gasteiger partial charge in [0.2, 0.25) is 5.91 Å². The Morgan fingerprint density at radius 1 is 1.30 bits per heavy atom. The Hall–Kier alpha value is -2.80. The zero-order valence-corrected chi connectivity index (χ0v) is 11.9. The summed E-state index contributed by atoms with van der Waals surface area (Å²) in [6.07, 6.45) is 3.74. The second-order valence-corrected chi connectivity index (χ2v) is 4.71. The average Bonchev–Trinajstić information content (AvgIpc) is 2.51. The second kappa shape index (κ2) is 7.46. The van der Waals surface area contributed by atoms with Crippen molar-refractivity contribution in [1.29, 1.82) is 0 Å². The van der Waals surface area contributed by atoms with Gasteiger partial charge in [0.15, 0.2) is 0 Å². The molecule has 0 saturated heterocycles. The Balaban J connectivity index is 1.94. The van der Waals surface area contributed by atoms with E-state index in [1.165, 1.54) is 30.6 Å². The van der Waals surface area contributed by atoms with E-state index in [-0.39, 0.29) is 12.3 Å². The Labute approximate surface area is 130 Å². The lowest BCUT2D eigenvalue weighted by Crippen LogP contribution is -2.27. The molecule has 1 unspecified atom stereocenters. The summed E-state index contributed by atoms with van der Waals surface area (Å²) in [5.41, 5.74) is 0.00908. The van der Waals surface area contributed by atoms with Crippen molar-refractivity contribution in [3.8, 4) is 5.75 Å². The first kappa shape index (κ1) is 16.6. The van der Waals surface area contributed by atoms with Crippen molar-refractivity contribution >= 4 is 12.0 Å². The summed E-state index contributed by atoms with van der Waals surface area (Å²) in [4.78, 5) is 15.4. The number of rotatable bonds is 5. The van der Waals surface area contributed by atoms with E-state index in [0.29, 0.717) is 5.56 Å². The van der Waals surface area contributed by atoms with Gasteiger partial charge in [-0.15, -0.1) is 0 Å². The molecule has 0 aliphatic rings. The molecular formula is C16H14F2N2O3. The fourth-order valence-electron chi connectivity index (χ4n) is 1.90. The molecule has 5 nitrogen and oxygen atoms in total. The first-order valence-corrected chi connectivity index (χ1v) is 6.69. The van der Waals surface area contributed by atoms with Crippen LogP contribution in [0.5, 0.6) is 5.75 Å². The van der Waals surface area contributed by atoms with Crippen LogP contribution in [0.25, 0.3) is 6.08 Å². The SMILES string of the molecule is O=C(/C=C/c1cncc(O)c1)NCC(O)c1c(F)cccc1F. The summed E-state index contributed by atoms with van der Waals surface area (Å²) in [5, 5.41) is 21.4. The van der Waals surface area contributed by atoms with Crippen LogP contribution in [0.15, 0.2) is 42.7 Å². The first-order chi connectivity index (χ1) is 11.0. The third-order valence-electron chi connectivity index (χ3n) is 2.97. The molecule has 2 aromatic rings. The lowest BCUT2D eigenvalue weighted by molar-refractivity contribution is -0.116. The van der Waals surface area contributed by atoms with E-state index >= 15 is 0 Å². The second-order valence-electron chi connectivity index (χ2n) is 4.71. The van der Waals surface area contributed by atoms with Crippen molar-refractivity contribution in [3.05, 3.63) is 65.5 Å². The molecule has 0 saturated carbocycles. The van der Waals surface area contributed by atoms with Crippen LogP contribution in [0.2, 0.25) is 0 Å². The van der Waals surface area contributed by atoms with Gasteiger partial charge in [0.25, 0.3) is 0 Å². The van der Waals surface area contributed by atoms with Crippen molar-refractivity contribution in [1.82, 2.24) is 10.3 Å². The van der Waals surface area contributed by atoms with Gasteiger partial charge in [0.1, 0.15) is 23.5 Å². The number of hydrogen-bond donors (Lipinski definition) is 3. The highest BCUT2D eigenvalue weighted by atomic mass is 19.1. The van der Waals surface area contributed by atoms with Crippen LogP contribution in [0.4, 0.5) is 8.78 Å². The van der Waals surface area contributed by atoms with Crippen LogP contribution in [0, 0.1) is 11.6 Å². The molecule has 23 heavy (non-hydrogen) atoms. The number of benzene rings is 1. The van der Waals surface area contributed by atoms with Gasteiger partial charge in [-0.3, -0.25) is 9.78 Å². The predicted molar refractivity (Wildman–Crippen MR) is 79.3 cm³/mol. The molecule has 1 aromatic heterocycles. The molecule has 2 rings (SSSR count). The minimum Gasteiger partial charge on any atom is -0.506 e. The number of carbonyl (C=O) groups excluding carboxylic acids is 1. The van der Waals surface area contributed by atoms with Crippen LogP contribution in [0.1, 0.15) is 17.2 Å². The van der Waals surface area contributed by atoms with Crippen molar-refractivity contribution in [2.75, 3.05) is 6.54 Å². The molecule has 0 fully saturated rings. The number of aliphatic hydroxyl groups excluding tert-OH is 1. The molecule has 1 aromatic carbocycles. The molecule has 0 spiro atoms. The maximum absolute atomic E-state index is 13.5. The quantitative estimate of drug-likeness (QED) is 0.735. The van der Waals surface area contributed by atoms with Crippen LogP contribution >= 0.6 is 0 Å². The number of carbonyl (C=O) groups is 1. The van der Waals surface area contributed by atoms with E-state index in [0.717, 1.165) is 18.2 Å². The highest BCUT2D eigenvalue weighted by molar-refractivity contribution is 5.91. The summed E-state index contributed by atoms with van der Waals surface area (Å²) >= 11 is 0. The van der Waals surface area contributed by atoms with Gasteiger partial charge in [0, 0.05) is 18.8 Å².